The third-order valence-electron chi connectivity index (χ3n) is 2.34. The summed E-state index contributed by atoms with van der Waals surface area (Å²) in [6.07, 6.45) is 1.06. The van der Waals surface area contributed by atoms with Crippen molar-refractivity contribution in [1.29, 1.82) is 0 Å². The monoisotopic (exact) mass is 241 g/mol. The average Bonchev–Trinajstić information content (AvgIpc) is 2.56. The van der Waals surface area contributed by atoms with Gasteiger partial charge in [-0.1, -0.05) is 22.0 Å². The summed E-state index contributed by atoms with van der Waals surface area (Å²) in [5.74, 6) is 0. The maximum absolute atomic E-state index is 5.14. The second kappa shape index (κ2) is 3.78. The predicted molar refractivity (Wildman–Crippen MR) is 55.3 cm³/mol. The van der Waals surface area contributed by atoms with E-state index in [1.165, 1.54) is 11.1 Å². The molecule has 0 bridgehead atoms. The number of benzene rings is 1. The molecule has 2 nitrogen and oxygen atoms in total. The molecule has 1 aliphatic heterocycles. The molecule has 13 heavy (non-hydrogen) atoms. The third kappa shape index (κ3) is 1.93. The smallest absolute Gasteiger partial charge is 0.0701 e. The summed E-state index contributed by atoms with van der Waals surface area (Å²) >= 11 is 3.45. The minimum absolute atomic E-state index is 0.369. The maximum Gasteiger partial charge on any atom is 0.0701 e. The Hall–Kier alpha value is -0.380. The molecule has 1 aromatic rings. The van der Waals surface area contributed by atoms with Gasteiger partial charge in [0.2, 0.25) is 0 Å². The Morgan fingerprint density at radius 2 is 2.38 bits per heavy atom. The van der Waals surface area contributed by atoms with Crippen molar-refractivity contribution >= 4 is 15.9 Å². The van der Waals surface area contributed by atoms with Crippen LogP contribution in [-0.4, -0.2) is 6.61 Å². The lowest BCUT2D eigenvalue weighted by Gasteiger charge is -2.12. The van der Waals surface area contributed by atoms with Crippen LogP contribution in [0.15, 0.2) is 22.7 Å². The molecule has 2 rings (SSSR count). The molecular weight excluding hydrogens is 230 g/mol. The number of hydroxylamine groups is 1. The van der Waals surface area contributed by atoms with Gasteiger partial charge >= 0.3 is 0 Å². The van der Waals surface area contributed by atoms with Crippen LogP contribution < -0.4 is 5.48 Å². The molecule has 1 saturated heterocycles. The van der Waals surface area contributed by atoms with Gasteiger partial charge < -0.3 is 4.84 Å². The van der Waals surface area contributed by atoms with Gasteiger partial charge in [-0.25, -0.2) is 0 Å². The first-order valence-corrected chi connectivity index (χ1v) is 5.20. The van der Waals surface area contributed by atoms with Crippen LogP contribution in [0.5, 0.6) is 0 Å². The second-order valence-electron chi connectivity index (χ2n) is 3.31. The molecule has 1 aliphatic rings. The first-order valence-electron chi connectivity index (χ1n) is 4.41. The zero-order valence-electron chi connectivity index (χ0n) is 7.51. The highest BCUT2D eigenvalue weighted by molar-refractivity contribution is 9.10. The van der Waals surface area contributed by atoms with E-state index in [1.54, 1.807) is 0 Å². The van der Waals surface area contributed by atoms with Crippen LogP contribution in [-0.2, 0) is 4.84 Å². The van der Waals surface area contributed by atoms with Gasteiger partial charge in [-0.05, 0) is 36.6 Å². The van der Waals surface area contributed by atoms with Crippen molar-refractivity contribution in [2.45, 2.75) is 19.4 Å². The lowest BCUT2D eigenvalue weighted by Crippen LogP contribution is -2.12. The molecule has 0 spiro atoms. The lowest BCUT2D eigenvalue weighted by atomic mass is 10.0. The summed E-state index contributed by atoms with van der Waals surface area (Å²) in [5, 5.41) is 0. The van der Waals surface area contributed by atoms with Crippen molar-refractivity contribution in [3.05, 3.63) is 33.8 Å². The fraction of sp³-hybridized carbons (Fsp3) is 0.400. The Bertz CT molecular complexity index is 308. The number of aryl methyl sites for hydroxylation is 1. The van der Waals surface area contributed by atoms with Crippen molar-refractivity contribution < 1.29 is 4.84 Å². The summed E-state index contributed by atoms with van der Waals surface area (Å²) in [5.41, 5.74) is 5.65. The SMILES string of the molecule is Cc1cc(Br)ccc1C1CCON1. The fourth-order valence-corrected chi connectivity index (χ4v) is 2.12. The van der Waals surface area contributed by atoms with Gasteiger partial charge in [0.05, 0.1) is 12.6 Å². The molecule has 0 amide bonds. The van der Waals surface area contributed by atoms with Crippen LogP contribution in [0.3, 0.4) is 0 Å². The van der Waals surface area contributed by atoms with E-state index in [2.05, 4.69) is 46.5 Å². The molecule has 0 saturated carbocycles. The zero-order valence-corrected chi connectivity index (χ0v) is 9.10. The molecule has 1 atom stereocenters. The molecule has 1 fully saturated rings. The van der Waals surface area contributed by atoms with E-state index < -0.39 is 0 Å². The summed E-state index contributed by atoms with van der Waals surface area (Å²) in [4.78, 5) is 5.14. The normalized spacial score (nSPS) is 22.2. The Balaban J connectivity index is 2.29. The molecule has 3 heteroatoms. The van der Waals surface area contributed by atoms with Crippen LogP contribution in [0.1, 0.15) is 23.6 Å². The van der Waals surface area contributed by atoms with Gasteiger partial charge in [0.25, 0.3) is 0 Å². The first kappa shape index (κ1) is 9.19. The van der Waals surface area contributed by atoms with Gasteiger partial charge in [-0.2, -0.15) is 5.48 Å². The van der Waals surface area contributed by atoms with Crippen LogP contribution in [0.4, 0.5) is 0 Å². The molecule has 0 radical (unpaired) electrons. The average molecular weight is 242 g/mol. The Labute approximate surface area is 86.4 Å². The van der Waals surface area contributed by atoms with E-state index in [4.69, 9.17) is 4.84 Å². The van der Waals surface area contributed by atoms with Crippen LogP contribution in [0.25, 0.3) is 0 Å². The van der Waals surface area contributed by atoms with Gasteiger partial charge in [-0.15, -0.1) is 0 Å². The largest absolute Gasteiger partial charge is 0.301 e. The summed E-state index contributed by atoms with van der Waals surface area (Å²) < 4.78 is 1.13. The third-order valence-corrected chi connectivity index (χ3v) is 2.83. The Morgan fingerprint density at radius 1 is 1.54 bits per heavy atom. The summed E-state index contributed by atoms with van der Waals surface area (Å²) in [6, 6.07) is 6.72. The highest BCUT2D eigenvalue weighted by Crippen LogP contribution is 2.26. The highest BCUT2D eigenvalue weighted by atomic mass is 79.9. The van der Waals surface area contributed by atoms with Gasteiger partial charge in [0.15, 0.2) is 0 Å². The van der Waals surface area contributed by atoms with Gasteiger partial charge in [0, 0.05) is 4.47 Å². The Kier molecular flexibility index (Phi) is 2.67. The molecular formula is C10H12BrNO. The van der Waals surface area contributed by atoms with Crippen molar-refractivity contribution in [3.8, 4) is 0 Å². The zero-order chi connectivity index (χ0) is 9.26. The summed E-state index contributed by atoms with van der Waals surface area (Å²) in [7, 11) is 0. The topological polar surface area (TPSA) is 21.3 Å². The number of rotatable bonds is 1. The van der Waals surface area contributed by atoms with E-state index in [0.29, 0.717) is 6.04 Å². The van der Waals surface area contributed by atoms with E-state index in [-0.39, 0.29) is 0 Å². The molecule has 1 N–H and O–H groups in total. The lowest BCUT2D eigenvalue weighted by molar-refractivity contribution is 0.0882. The maximum atomic E-state index is 5.14. The molecule has 70 valence electrons. The molecule has 0 aromatic heterocycles. The van der Waals surface area contributed by atoms with E-state index in [1.807, 2.05) is 0 Å². The number of hydrogen-bond acceptors (Lipinski definition) is 2. The van der Waals surface area contributed by atoms with E-state index in [0.717, 1.165) is 17.5 Å². The molecule has 0 aliphatic carbocycles. The summed E-state index contributed by atoms with van der Waals surface area (Å²) in [6.45, 7) is 2.93. The number of halogens is 1. The van der Waals surface area contributed by atoms with Crippen LogP contribution in [0.2, 0.25) is 0 Å². The molecule has 1 unspecified atom stereocenters. The number of hydrogen-bond donors (Lipinski definition) is 1. The van der Waals surface area contributed by atoms with Crippen LogP contribution in [0, 0.1) is 6.92 Å². The van der Waals surface area contributed by atoms with Crippen molar-refractivity contribution in [3.63, 3.8) is 0 Å². The highest BCUT2D eigenvalue weighted by Gasteiger charge is 2.18. The van der Waals surface area contributed by atoms with E-state index >= 15 is 0 Å². The minimum Gasteiger partial charge on any atom is -0.301 e. The van der Waals surface area contributed by atoms with Gasteiger partial charge in [0.1, 0.15) is 0 Å². The fourth-order valence-electron chi connectivity index (χ4n) is 1.64. The molecule has 1 aromatic carbocycles. The van der Waals surface area contributed by atoms with Crippen LogP contribution >= 0.6 is 15.9 Å². The quantitative estimate of drug-likeness (QED) is 0.817. The van der Waals surface area contributed by atoms with Crippen molar-refractivity contribution in [1.82, 2.24) is 5.48 Å². The van der Waals surface area contributed by atoms with E-state index in [9.17, 15) is 0 Å². The van der Waals surface area contributed by atoms with Crippen molar-refractivity contribution in [2.24, 2.45) is 0 Å². The Morgan fingerprint density at radius 3 is 3.00 bits per heavy atom. The standard InChI is InChI=1S/C10H12BrNO/c1-7-6-8(11)2-3-9(7)10-4-5-13-12-10/h2-3,6,10,12H,4-5H2,1H3. The number of nitrogens with one attached hydrogen (secondary N) is 1. The van der Waals surface area contributed by atoms with Gasteiger partial charge in [-0.3, -0.25) is 0 Å². The molecule has 1 heterocycles. The minimum atomic E-state index is 0.369. The predicted octanol–water partition coefficient (Wildman–Crippen LogP) is 2.72. The second-order valence-corrected chi connectivity index (χ2v) is 4.22. The first-order chi connectivity index (χ1) is 6.27. The van der Waals surface area contributed by atoms with Crippen molar-refractivity contribution in [2.75, 3.05) is 6.61 Å².